The van der Waals surface area contributed by atoms with E-state index in [1.165, 1.54) is 31.6 Å². The van der Waals surface area contributed by atoms with E-state index >= 15 is 0 Å². The van der Waals surface area contributed by atoms with Crippen LogP contribution in [0.15, 0.2) is 12.5 Å². The van der Waals surface area contributed by atoms with Crippen LogP contribution in [-0.4, -0.2) is 22.6 Å². The molecule has 78 valence electrons. The first-order valence-corrected chi connectivity index (χ1v) is 5.47. The minimum Gasteiger partial charge on any atom is -0.338 e. The predicted octanol–water partition coefficient (Wildman–Crippen LogP) is 1.21. The molecule has 1 aromatic heterocycles. The fourth-order valence-electron chi connectivity index (χ4n) is 2.35. The third-order valence-electron chi connectivity index (χ3n) is 3.39. The highest BCUT2D eigenvalue weighted by Gasteiger charge is 2.25. The van der Waals surface area contributed by atoms with Crippen LogP contribution in [0.2, 0.25) is 0 Å². The molecule has 1 fully saturated rings. The zero-order chi connectivity index (χ0) is 9.97. The number of hydrogen-bond acceptors (Lipinski definition) is 2. The summed E-state index contributed by atoms with van der Waals surface area (Å²) in [6, 6.07) is 0. The van der Waals surface area contributed by atoms with Gasteiger partial charge in [-0.05, 0) is 31.3 Å². The monoisotopic (exact) mass is 193 g/mol. The van der Waals surface area contributed by atoms with Crippen LogP contribution in [-0.2, 0) is 13.5 Å². The average molecular weight is 193 g/mol. The standard InChI is InChI=1S/C11H19N3/c1-3-9-5-12-6-10(9)4-11-7-13-8-14(11)2/h7-10,12H,3-6H2,1-2H3. The third-order valence-corrected chi connectivity index (χ3v) is 3.39. The van der Waals surface area contributed by atoms with Gasteiger partial charge in [-0.1, -0.05) is 13.3 Å². The molecule has 1 aromatic rings. The lowest BCUT2D eigenvalue weighted by atomic mass is 9.90. The largest absolute Gasteiger partial charge is 0.338 e. The summed E-state index contributed by atoms with van der Waals surface area (Å²) in [6.45, 7) is 4.65. The van der Waals surface area contributed by atoms with Crippen LogP contribution in [0.1, 0.15) is 19.0 Å². The first kappa shape index (κ1) is 9.71. The van der Waals surface area contributed by atoms with Crippen molar-refractivity contribution in [3.63, 3.8) is 0 Å². The molecule has 1 aliphatic heterocycles. The number of rotatable bonds is 3. The van der Waals surface area contributed by atoms with Gasteiger partial charge in [-0.25, -0.2) is 4.98 Å². The third kappa shape index (κ3) is 1.82. The average Bonchev–Trinajstić information content (AvgIpc) is 2.77. The first-order valence-electron chi connectivity index (χ1n) is 5.47. The first-order chi connectivity index (χ1) is 6.81. The molecule has 0 aliphatic carbocycles. The molecule has 3 nitrogen and oxygen atoms in total. The zero-order valence-corrected chi connectivity index (χ0v) is 9.03. The second kappa shape index (κ2) is 4.13. The highest BCUT2D eigenvalue weighted by molar-refractivity contribution is 5.01. The molecule has 1 N–H and O–H groups in total. The second-order valence-electron chi connectivity index (χ2n) is 4.29. The SMILES string of the molecule is CCC1CNCC1Cc1cncn1C. The van der Waals surface area contributed by atoms with Crippen LogP contribution in [0.25, 0.3) is 0 Å². The smallest absolute Gasteiger partial charge is 0.0945 e. The molecule has 1 saturated heterocycles. The van der Waals surface area contributed by atoms with Crippen molar-refractivity contribution in [1.82, 2.24) is 14.9 Å². The highest BCUT2D eigenvalue weighted by Crippen LogP contribution is 2.23. The van der Waals surface area contributed by atoms with Gasteiger partial charge in [0.15, 0.2) is 0 Å². The molecule has 0 aromatic carbocycles. The van der Waals surface area contributed by atoms with Crippen molar-refractivity contribution in [3.8, 4) is 0 Å². The van der Waals surface area contributed by atoms with Crippen LogP contribution < -0.4 is 5.32 Å². The van der Waals surface area contributed by atoms with Crippen molar-refractivity contribution in [2.75, 3.05) is 13.1 Å². The lowest BCUT2D eigenvalue weighted by Crippen LogP contribution is -2.16. The number of imidazole rings is 1. The molecule has 0 bridgehead atoms. The van der Waals surface area contributed by atoms with E-state index in [9.17, 15) is 0 Å². The number of aromatic nitrogens is 2. The van der Waals surface area contributed by atoms with Crippen LogP contribution in [0.4, 0.5) is 0 Å². The number of aryl methyl sites for hydroxylation is 1. The van der Waals surface area contributed by atoms with Crippen LogP contribution in [0, 0.1) is 11.8 Å². The van der Waals surface area contributed by atoms with E-state index in [4.69, 9.17) is 0 Å². The summed E-state index contributed by atoms with van der Waals surface area (Å²) in [5, 5.41) is 3.48. The molecule has 1 aliphatic rings. The van der Waals surface area contributed by atoms with E-state index in [1.54, 1.807) is 0 Å². The van der Waals surface area contributed by atoms with Gasteiger partial charge in [-0.3, -0.25) is 0 Å². The molecular formula is C11H19N3. The molecule has 0 amide bonds. The Balaban J connectivity index is 2.00. The Morgan fingerprint density at radius 3 is 2.93 bits per heavy atom. The van der Waals surface area contributed by atoms with Crippen LogP contribution in [0.5, 0.6) is 0 Å². The maximum Gasteiger partial charge on any atom is 0.0945 e. The summed E-state index contributed by atoms with van der Waals surface area (Å²) in [4.78, 5) is 4.16. The highest BCUT2D eigenvalue weighted by atomic mass is 15.0. The lowest BCUT2D eigenvalue weighted by Gasteiger charge is -2.16. The molecule has 0 radical (unpaired) electrons. The summed E-state index contributed by atoms with van der Waals surface area (Å²) < 4.78 is 2.13. The van der Waals surface area contributed by atoms with E-state index in [0.717, 1.165) is 11.8 Å². The molecule has 0 saturated carbocycles. The molecule has 2 rings (SSSR count). The van der Waals surface area contributed by atoms with E-state index < -0.39 is 0 Å². The quantitative estimate of drug-likeness (QED) is 0.782. The van der Waals surface area contributed by atoms with Crippen molar-refractivity contribution in [2.45, 2.75) is 19.8 Å². The lowest BCUT2D eigenvalue weighted by molar-refractivity contribution is 0.399. The zero-order valence-electron chi connectivity index (χ0n) is 9.03. The van der Waals surface area contributed by atoms with Gasteiger partial charge < -0.3 is 9.88 Å². The van der Waals surface area contributed by atoms with Gasteiger partial charge in [0.25, 0.3) is 0 Å². The van der Waals surface area contributed by atoms with Crippen molar-refractivity contribution in [2.24, 2.45) is 18.9 Å². The van der Waals surface area contributed by atoms with Crippen LogP contribution >= 0.6 is 0 Å². The summed E-state index contributed by atoms with van der Waals surface area (Å²) >= 11 is 0. The second-order valence-corrected chi connectivity index (χ2v) is 4.29. The van der Waals surface area contributed by atoms with Gasteiger partial charge in [0.2, 0.25) is 0 Å². The molecule has 2 heterocycles. The fourth-order valence-corrected chi connectivity index (χ4v) is 2.35. The molecule has 14 heavy (non-hydrogen) atoms. The van der Waals surface area contributed by atoms with Crippen LogP contribution in [0.3, 0.4) is 0 Å². The summed E-state index contributed by atoms with van der Waals surface area (Å²) in [5.74, 6) is 1.65. The van der Waals surface area contributed by atoms with Crippen molar-refractivity contribution < 1.29 is 0 Å². The Morgan fingerprint density at radius 1 is 1.50 bits per heavy atom. The summed E-state index contributed by atoms with van der Waals surface area (Å²) in [7, 11) is 2.08. The Bertz CT molecular complexity index is 292. The Labute approximate surface area is 85.5 Å². The number of hydrogen-bond donors (Lipinski definition) is 1. The predicted molar refractivity (Wildman–Crippen MR) is 57.1 cm³/mol. The molecule has 3 heteroatoms. The normalized spacial score (nSPS) is 27.0. The van der Waals surface area contributed by atoms with Crippen molar-refractivity contribution in [3.05, 3.63) is 18.2 Å². The molecule has 2 unspecified atom stereocenters. The van der Waals surface area contributed by atoms with Crippen molar-refractivity contribution >= 4 is 0 Å². The van der Waals surface area contributed by atoms with E-state index in [-0.39, 0.29) is 0 Å². The summed E-state index contributed by atoms with van der Waals surface area (Å²) in [5.41, 5.74) is 1.36. The van der Waals surface area contributed by atoms with Gasteiger partial charge in [-0.2, -0.15) is 0 Å². The van der Waals surface area contributed by atoms with Gasteiger partial charge in [0.05, 0.1) is 6.33 Å². The van der Waals surface area contributed by atoms with Gasteiger partial charge in [-0.15, -0.1) is 0 Å². The van der Waals surface area contributed by atoms with Gasteiger partial charge in [0.1, 0.15) is 0 Å². The topological polar surface area (TPSA) is 29.9 Å². The van der Waals surface area contributed by atoms with Crippen molar-refractivity contribution in [1.29, 1.82) is 0 Å². The maximum absolute atomic E-state index is 4.16. The number of nitrogens with one attached hydrogen (secondary N) is 1. The van der Waals surface area contributed by atoms with Gasteiger partial charge in [0, 0.05) is 18.9 Å². The Hall–Kier alpha value is -0.830. The molecular weight excluding hydrogens is 174 g/mol. The minimum atomic E-state index is 0.801. The fraction of sp³-hybridized carbons (Fsp3) is 0.727. The molecule has 0 spiro atoms. The minimum absolute atomic E-state index is 0.801. The van der Waals surface area contributed by atoms with Gasteiger partial charge >= 0.3 is 0 Å². The summed E-state index contributed by atoms with van der Waals surface area (Å²) in [6.07, 6.45) is 6.33. The van der Waals surface area contributed by atoms with E-state index in [1.807, 2.05) is 12.5 Å². The van der Waals surface area contributed by atoms with E-state index in [2.05, 4.69) is 28.8 Å². The Morgan fingerprint density at radius 2 is 2.29 bits per heavy atom. The molecule has 2 atom stereocenters. The number of nitrogens with zero attached hydrogens (tertiary/aromatic N) is 2. The Kier molecular flexibility index (Phi) is 2.87. The van der Waals surface area contributed by atoms with E-state index in [0.29, 0.717) is 0 Å². The maximum atomic E-state index is 4.16.